The predicted octanol–water partition coefficient (Wildman–Crippen LogP) is 18.9. The summed E-state index contributed by atoms with van der Waals surface area (Å²) in [4.78, 5) is 0. The molecule has 5 atom stereocenters. The van der Waals surface area contributed by atoms with Crippen LogP contribution >= 0.6 is 0 Å². The lowest BCUT2D eigenvalue weighted by atomic mass is 10.0. The van der Waals surface area contributed by atoms with Crippen molar-refractivity contribution in [3.8, 4) is 0 Å². The van der Waals surface area contributed by atoms with Crippen molar-refractivity contribution in [3.63, 3.8) is 0 Å². The highest BCUT2D eigenvalue weighted by Gasteiger charge is 2.35. The van der Waals surface area contributed by atoms with Gasteiger partial charge in [-0.2, -0.15) is 0 Å². The third-order valence-electron chi connectivity index (χ3n) is 13.6. The molecule has 4 rings (SSSR count). The van der Waals surface area contributed by atoms with Gasteiger partial charge in [-0.05, 0) is 101 Å². The molecule has 0 bridgehead atoms. The van der Waals surface area contributed by atoms with E-state index in [1.54, 1.807) is 6.42 Å². The maximum atomic E-state index is 9.00. The second kappa shape index (κ2) is 40.8. The molecule has 0 aromatic heterocycles. The molecule has 3 aliphatic carbocycles. The van der Waals surface area contributed by atoms with Gasteiger partial charge < -0.3 is 15.2 Å². The van der Waals surface area contributed by atoms with Crippen LogP contribution < -0.4 is 5.32 Å². The minimum atomic E-state index is 0.352. The van der Waals surface area contributed by atoms with E-state index in [2.05, 4.69) is 52.7 Å². The zero-order valence-electron chi connectivity index (χ0n) is 40.8. The molecule has 59 heavy (non-hydrogen) atoms. The molecule has 1 aliphatic heterocycles. The highest BCUT2D eigenvalue weighted by atomic mass is 16.5. The number of hydrogen-bond acceptors (Lipinski definition) is 3. The van der Waals surface area contributed by atoms with Crippen LogP contribution in [0.15, 0.2) is 37.3 Å². The molecule has 0 radical (unpaired) electrons. The molecule has 5 unspecified atom stereocenters. The number of aliphatic hydroxyl groups is 1. The largest absolute Gasteiger partial charge is 0.513 e. The van der Waals surface area contributed by atoms with Crippen LogP contribution in [0.4, 0.5) is 0 Å². The summed E-state index contributed by atoms with van der Waals surface area (Å²) in [7, 11) is 0. The van der Waals surface area contributed by atoms with Gasteiger partial charge in [0.2, 0.25) is 0 Å². The molecular formula is C56H107NO2. The van der Waals surface area contributed by atoms with E-state index in [0.29, 0.717) is 11.9 Å². The van der Waals surface area contributed by atoms with Crippen molar-refractivity contribution in [1.29, 1.82) is 0 Å². The molecule has 4 fully saturated rings. The molecule has 1 saturated heterocycles. The fourth-order valence-electron chi connectivity index (χ4n) is 9.56. The van der Waals surface area contributed by atoms with Crippen molar-refractivity contribution in [3.05, 3.63) is 37.3 Å². The first kappa shape index (κ1) is 55.8. The molecular weight excluding hydrogens is 719 g/mol. The van der Waals surface area contributed by atoms with Crippen LogP contribution in [-0.4, -0.2) is 23.8 Å². The molecule has 3 heteroatoms. The van der Waals surface area contributed by atoms with Gasteiger partial charge in [0.15, 0.2) is 0 Å². The highest BCUT2D eigenvalue weighted by Crippen LogP contribution is 2.46. The Bertz CT molecular complexity index is 932. The van der Waals surface area contributed by atoms with E-state index in [1.165, 1.54) is 225 Å². The normalized spacial score (nSPS) is 21.9. The van der Waals surface area contributed by atoms with Crippen LogP contribution in [0.5, 0.6) is 0 Å². The third kappa shape index (κ3) is 36.0. The summed E-state index contributed by atoms with van der Waals surface area (Å²) in [6.07, 6.45) is 56.0. The van der Waals surface area contributed by atoms with Gasteiger partial charge in [-0.25, -0.2) is 0 Å². The van der Waals surface area contributed by atoms with Gasteiger partial charge in [0.1, 0.15) is 0 Å². The Morgan fingerprint density at radius 1 is 0.542 bits per heavy atom. The average Bonchev–Trinajstić information content (AvgIpc) is 4.11. The molecule has 4 aliphatic rings. The van der Waals surface area contributed by atoms with Gasteiger partial charge in [-0.3, -0.25) is 0 Å². The number of nitrogens with one attached hydrogen (secondary N) is 1. The van der Waals surface area contributed by atoms with E-state index in [4.69, 9.17) is 9.84 Å². The van der Waals surface area contributed by atoms with Gasteiger partial charge >= 0.3 is 0 Å². The number of unbranched alkanes of at least 4 members (excludes halogenated alkanes) is 18. The summed E-state index contributed by atoms with van der Waals surface area (Å²) >= 11 is 0. The Labute approximate surface area is 371 Å². The first-order chi connectivity index (χ1) is 28.9. The summed E-state index contributed by atoms with van der Waals surface area (Å²) in [5.74, 6) is 5.78. The number of ether oxygens (including phenoxy) is 1. The summed E-state index contributed by atoms with van der Waals surface area (Å²) in [5.41, 5.74) is 0. The van der Waals surface area contributed by atoms with Crippen LogP contribution in [0.25, 0.3) is 0 Å². The van der Waals surface area contributed by atoms with Crippen LogP contribution in [-0.2, 0) is 4.74 Å². The van der Waals surface area contributed by atoms with Crippen molar-refractivity contribution >= 4 is 0 Å². The van der Waals surface area contributed by atoms with E-state index in [9.17, 15) is 0 Å². The Hall–Kier alpha value is -1.22. The Morgan fingerprint density at radius 2 is 0.932 bits per heavy atom. The van der Waals surface area contributed by atoms with Crippen LogP contribution in [0.1, 0.15) is 278 Å². The Kier molecular flexibility index (Phi) is 38.6. The van der Waals surface area contributed by atoms with Gasteiger partial charge in [0.05, 0.1) is 17.6 Å². The highest BCUT2D eigenvalue weighted by molar-refractivity contribution is 4.87. The van der Waals surface area contributed by atoms with E-state index in [1.807, 2.05) is 6.08 Å². The first-order valence-electron chi connectivity index (χ1n) is 26.9. The zero-order chi connectivity index (χ0) is 43.0. The van der Waals surface area contributed by atoms with E-state index < -0.39 is 0 Å². The third-order valence-corrected chi connectivity index (χ3v) is 13.6. The fraction of sp³-hybridized carbons (Fsp3) is 0.893. The number of aliphatic hydroxyl groups excluding tert-OH is 1. The lowest BCUT2D eigenvalue weighted by Crippen LogP contribution is -2.33. The van der Waals surface area contributed by atoms with E-state index in [0.717, 1.165) is 61.2 Å². The Morgan fingerprint density at radius 3 is 1.32 bits per heavy atom. The first-order valence-corrected chi connectivity index (χ1v) is 26.9. The van der Waals surface area contributed by atoms with Crippen molar-refractivity contribution < 1.29 is 9.84 Å². The van der Waals surface area contributed by atoms with E-state index in [-0.39, 0.29) is 0 Å². The number of piperidine rings is 1. The molecule has 0 amide bonds. The molecule has 1 heterocycles. The molecule has 0 spiro atoms. The molecule has 348 valence electrons. The number of allylic oxidation sites excluding steroid dienone is 2. The van der Waals surface area contributed by atoms with Crippen molar-refractivity contribution in [2.24, 2.45) is 23.7 Å². The molecule has 3 saturated carbocycles. The molecule has 2 N–H and O–H groups in total. The molecule has 3 nitrogen and oxygen atoms in total. The van der Waals surface area contributed by atoms with Crippen LogP contribution in [0.2, 0.25) is 0 Å². The standard InChI is InChI=1S/C25H46O.C20H38O.C8H15N.C3H8/c1-3-4-5-6-9-12-17-23-21-24(23)18-13-10-7-8-11-16-22(2)26-25-19-14-15-20-25;1-3-4-5-6-9-12-15-19-17-20(19)16-13-10-7-8-11-14-18(2)21;1-2-5-8-6-3-4-7-9-8;1-3-2/h23-25H,2-21H2,1H3;19-21H,2-17H2,1H3;2,8-9H,1,3-7H2;3H2,1-2H3. The van der Waals surface area contributed by atoms with Crippen molar-refractivity contribution in [1.82, 2.24) is 5.32 Å². The van der Waals surface area contributed by atoms with Gasteiger partial charge in [-0.15, -0.1) is 6.58 Å². The van der Waals surface area contributed by atoms with Crippen LogP contribution in [0.3, 0.4) is 0 Å². The maximum absolute atomic E-state index is 9.00. The van der Waals surface area contributed by atoms with Crippen molar-refractivity contribution in [2.45, 2.75) is 290 Å². The quantitative estimate of drug-likeness (QED) is 0.0386. The zero-order valence-corrected chi connectivity index (χ0v) is 40.8. The van der Waals surface area contributed by atoms with Gasteiger partial charge in [0.25, 0.3) is 0 Å². The number of rotatable bonds is 34. The summed E-state index contributed by atoms with van der Waals surface area (Å²) in [6.45, 7) is 21.4. The van der Waals surface area contributed by atoms with E-state index >= 15 is 0 Å². The van der Waals surface area contributed by atoms with Crippen molar-refractivity contribution in [2.75, 3.05) is 6.54 Å². The topological polar surface area (TPSA) is 41.5 Å². The maximum Gasteiger partial charge on any atom is 0.0982 e. The Balaban J connectivity index is 0.000000468. The minimum Gasteiger partial charge on any atom is -0.513 e. The molecule has 0 aromatic rings. The number of hydrogen-bond donors (Lipinski definition) is 2. The lowest BCUT2D eigenvalue weighted by molar-refractivity contribution is 0.115. The van der Waals surface area contributed by atoms with Crippen LogP contribution in [0, 0.1) is 23.7 Å². The molecule has 0 aromatic carbocycles. The van der Waals surface area contributed by atoms with Gasteiger partial charge in [-0.1, -0.05) is 214 Å². The second-order valence-electron chi connectivity index (χ2n) is 19.7. The average molecular weight is 826 g/mol. The van der Waals surface area contributed by atoms with Gasteiger partial charge in [0, 0.05) is 18.9 Å². The summed E-state index contributed by atoms with van der Waals surface area (Å²) in [6, 6.07) is 0.733. The monoisotopic (exact) mass is 826 g/mol. The second-order valence-corrected chi connectivity index (χ2v) is 19.7. The smallest absolute Gasteiger partial charge is 0.0982 e. The minimum absolute atomic E-state index is 0.352. The summed E-state index contributed by atoms with van der Waals surface area (Å²) < 4.78 is 5.96. The summed E-state index contributed by atoms with van der Waals surface area (Å²) in [5, 5.41) is 12.5. The fourth-order valence-corrected chi connectivity index (χ4v) is 9.56. The predicted molar refractivity (Wildman–Crippen MR) is 264 cm³/mol. The lowest BCUT2D eigenvalue weighted by Gasteiger charge is -2.21. The SMILES string of the molecule is C=C(CCCCCCCC1CC1CCCCCCCC)OC1CCCC1.C=C(O)CCCCCCCC1CC1CCCCCCCC.C=CCC1CCCCN1.CCC.